The molecule has 1 aliphatic carbocycles. The fraction of sp³-hybridized carbons (Fsp3) is 0.462. The standard InChI is InChI=1S/C13H17NO2/c1-8-5-11(8)7-14-13(16)10-3-4-12(15)9(2)6-10/h3-4,6,8,11,15H,5,7H2,1-2H3,(H,14,16). The second-order valence-corrected chi connectivity index (χ2v) is 4.68. The lowest BCUT2D eigenvalue weighted by Crippen LogP contribution is -2.25. The summed E-state index contributed by atoms with van der Waals surface area (Å²) in [5, 5.41) is 12.3. The van der Waals surface area contributed by atoms with Gasteiger partial charge < -0.3 is 10.4 Å². The summed E-state index contributed by atoms with van der Waals surface area (Å²) in [5.41, 5.74) is 1.34. The highest BCUT2D eigenvalue weighted by molar-refractivity contribution is 5.94. The smallest absolute Gasteiger partial charge is 0.251 e. The number of hydrogen-bond acceptors (Lipinski definition) is 2. The monoisotopic (exact) mass is 219 g/mol. The topological polar surface area (TPSA) is 49.3 Å². The quantitative estimate of drug-likeness (QED) is 0.817. The molecule has 0 bridgehead atoms. The Labute approximate surface area is 95.5 Å². The van der Waals surface area contributed by atoms with E-state index in [0.717, 1.165) is 18.0 Å². The minimum atomic E-state index is -0.0535. The van der Waals surface area contributed by atoms with E-state index in [0.29, 0.717) is 11.5 Å². The van der Waals surface area contributed by atoms with E-state index in [2.05, 4.69) is 12.2 Å². The summed E-state index contributed by atoms with van der Waals surface area (Å²) in [6.07, 6.45) is 1.22. The van der Waals surface area contributed by atoms with E-state index < -0.39 is 0 Å². The zero-order valence-corrected chi connectivity index (χ0v) is 9.66. The number of nitrogens with one attached hydrogen (secondary N) is 1. The molecule has 1 aliphatic rings. The van der Waals surface area contributed by atoms with Crippen molar-refractivity contribution in [1.82, 2.24) is 5.32 Å². The van der Waals surface area contributed by atoms with Crippen LogP contribution >= 0.6 is 0 Å². The average molecular weight is 219 g/mol. The van der Waals surface area contributed by atoms with E-state index in [-0.39, 0.29) is 11.7 Å². The SMILES string of the molecule is Cc1cc(C(=O)NCC2CC2C)ccc1O. The first kappa shape index (κ1) is 11.0. The first-order valence-electron chi connectivity index (χ1n) is 5.65. The number of aromatic hydroxyl groups is 1. The Balaban J connectivity index is 1.95. The van der Waals surface area contributed by atoms with Crippen LogP contribution in [-0.4, -0.2) is 17.6 Å². The number of carbonyl (C=O) groups is 1. The van der Waals surface area contributed by atoms with Crippen LogP contribution in [0.1, 0.15) is 29.3 Å². The number of amides is 1. The van der Waals surface area contributed by atoms with Gasteiger partial charge in [-0.2, -0.15) is 0 Å². The summed E-state index contributed by atoms with van der Waals surface area (Å²) in [7, 11) is 0. The lowest BCUT2D eigenvalue weighted by molar-refractivity contribution is 0.0951. The van der Waals surface area contributed by atoms with E-state index in [9.17, 15) is 9.90 Å². The third-order valence-electron chi connectivity index (χ3n) is 3.26. The summed E-state index contributed by atoms with van der Waals surface area (Å²) in [4.78, 5) is 11.8. The predicted octanol–water partition coefficient (Wildman–Crippen LogP) is 2.09. The Morgan fingerprint density at radius 3 is 2.81 bits per heavy atom. The molecule has 0 heterocycles. The van der Waals surface area contributed by atoms with Crippen molar-refractivity contribution in [3.8, 4) is 5.75 Å². The number of benzene rings is 1. The zero-order valence-electron chi connectivity index (χ0n) is 9.66. The molecule has 1 fully saturated rings. The molecule has 2 rings (SSSR count). The Hall–Kier alpha value is -1.51. The molecule has 2 atom stereocenters. The molecule has 16 heavy (non-hydrogen) atoms. The van der Waals surface area contributed by atoms with Crippen molar-refractivity contribution in [3.63, 3.8) is 0 Å². The van der Waals surface area contributed by atoms with Gasteiger partial charge in [-0.1, -0.05) is 6.92 Å². The molecule has 3 nitrogen and oxygen atoms in total. The van der Waals surface area contributed by atoms with E-state index in [1.54, 1.807) is 25.1 Å². The molecule has 86 valence electrons. The summed E-state index contributed by atoms with van der Waals surface area (Å²) in [5.74, 6) is 1.58. The van der Waals surface area contributed by atoms with Crippen molar-refractivity contribution in [2.24, 2.45) is 11.8 Å². The van der Waals surface area contributed by atoms with Gasteiger partial charge in [0.25, 0.3) is 5.91 Å². The third-order valence-corrected chi connectivity index (χ3v) is 3.26. The van der Waals surface area contributed by atoms with Gasteiger partial charge in [0, 0.05) is 12.1 Å². The highest BCUT2D eigenvalue weighted by atomic mass is 16.3. The van der Waals surface area contributed by atoms with Crippen LogP contribution in [0.5, 0.6) is 5.75 Å². The third kappa shape index (κ3) is 2.35. The van der Waals surface area contributed by atoms with Crippen molar-refractivity contribution in [2.45, 2.75) is 20.3 Å². The van der Waals surface area contributed by atoms with Crippen LogP contribution < -0.4 is 5.32 Å². The van der Waals surface area contributed by atoms with Gasteiger partial charge in [-0.3, -0.25) is 4.79 Å². The predicted molar refractivity (Wildman–Crippen MR) is 62.4 cm³/mol. The summed E-state index contributed by atoms with van der Waals surface area (Å²) in [6, 6.07) is 4.92. The molecule has 0 spiro atoms. The molecule has 0 saturated heterocycles. The Morgan fingerprint density at radius 1 is 1.56 bits per heavy atom. The van der Waals surface area contributed by atoms with Crippen LogP contribution in [0.15, 0.2) is 18.2 Å². The molecule has 1 aromatic rings. The maximum absolute atomic E-state index is 11.8. The van der Waals surface area contributed by atoms with E-state index in [4.69, 9.17) is 0 Å². The highest BCUT2D eigenvalue weighted by Gasteiger charge is 2.32. The van der Waals surface area contributed by atoms with Crippen molar-refractivity contribution >= 4 is 5.91 Å². The second-order valence-electron chi connectivity index (χ2n) is 4.68. The molecule has 0 aliphatic heterocycles. The van der Waals surface area contributed by atoms with E-state index in [1.807, 2.05) is 0 Å². The van der Waals surface area contributed by atoms with Gasteiger partial charge in [-0.15, -0.1) is 0 Å². The van der Waals surface area contributed by atoms with Crippen LogP contribution in [0, 0.1) is 18.8 Å². The molecule has 3 heteroatoms. The molecule has 1 saturated carbocycles. The number of aryl methyl sites for hydroxylation is 1. The number of phenols is 1. The molecular formula is C13H17NO2. The van der Waals surface area contributed by atoms with Crippen LogP contribution in [0.4, 0.5) is 0 Å². The molecular weight excluding hydrogens is 202 g/mol. The fourth-order valence-corrected chi connectivity index (χ4v) is 1.81. The molecule has 1 aromatic carbocycles. The van der Waals surface area contributed by atoms with E-state index in [1.165, 1.54) is 6.42 Å². The first-order valence-corrected chi connectivity index (χ1v) is 5.65. The Bertz CT molecular complexity index is 414. The van der Waals surface area contributed by atoms with Crippen molar-refractivity contribution in [1.29, 1.82) is 0 Å². The average Bonchev–Trinajstić information content (AvgIpc) is 2.95. The molecule has 2 N–H and O–H groups in total. The highest BCUT2D eigenvalue weighted by Crippen LogP contribution is 2.36. The molecule has 1 amide bonds. The summed E-state index contributed by atoms with van der Waals surface area (Å²) in [6.45, 7) is 4.75. The van der Waals surface area contributed by atoms with Gasteiger partial charge in [-0.25, -0.2) is 0 Å². The van der Waals surface area contributed by atoms with Gasteiger partial charge in [0.1, 0.15) is 5.75 Å². The van der Waals surface area contributed by atoms with Crippen LogP contribution in [-0.2, 0) is 0 Å². The summed E-state index contributed by atoms with van der Waals surface area (Å²) >= 11 is 0. The van der Waals surface area contributed by atoms with Crippen LogP contribution in [0.25, 0.3) is 0 Å². The molecule has 0 aromatic heterocycles. The van der Waals surface area contributed by atoms with Crippen LogP contribution in [0.2, 0.25) is 0 Å². The maximum atomic E-state index is 11.8. The molecule has 0 radical (unpaired) electrons. The second kappa shape index (κ2) is 4.16. The van der Waals surface area contributed by atoms with Gasteiger partial charge in [-0.05, 0) is 48.9 Å². The lowest BCUT2D eigenvalue weighted by Gasteiger charge is -2.06. The largest absolute Gasteiger partial charge is 0.508 e. The normalized spacial score (nSPS) is 22.9. The van der Waals surface area contributed by atoms with Crippen molar-refractivity contribution in [3.05, 3.63) is 29.3 Å². The van der Waals surface area contributed by atoms with Gasteiger partial charge in [0.15, 0.2) is 0 Å². The lowest BCUT2D eigenvalue weighted by atomic mass is 10.1. The number of hydrogen-bond donors (Lipinski definition) is 2. The maximum Gasteiger partial charge on any atom is 0.251 e. The van der Waals surface area contributed by atoms with Gasteiger partial charge in [0.05, 0.1) is 0 Å². The fourth-order valence-electron chi connectivity index (χ4n) is 1.81. The minimum Gasteiger partial charge on any atom is -0.508 e. The van der Waals surface area contributed by atoms with Crippen molar-refractivity contribution < 1.29 is 9.90 Å². The Kier molecular flexibility index (Phi) is 2.86. The van der Waals surface area contributed by atoms with E-state index >= 15 is 0 Å². The first-order chi connectivity index (χ1) is 7.58. The van der Waals surface area contributed by atoms with Gasteiger partial charge in [0.2, 0.25) is 0 Å². The summed E-state index contributed by atoms with van der Waals surface area (Å²) < 4.78 is 0. The zero-order chi connectivity index (χ0) is 11.7. The minimum absolute atomic E-state index is 0.0535. The number of phenolic OH excluding ortho intramolecular Hbond substituents is 1. The molecule has 2 unspecified atom stereocenters. The van der Waals surface area contributed by atoms with Crippen LogP contribution in [0.3, 0.4) is 0 Å². The van der Waals surface area contributed by atoms with Gasteiger partial charge >= 0.3 is 0 Å². The number of carbonyl (C=O) groups excluding carboxylic acids is 1. The number of rotatable bonds is 3. The van der Waals surface area contributed by atoms with Crippen molar-refractivity contribution in [2.75, 3.05) is 6.54 Å². The Morgan fingerprint density at radius 2 is 2.25 bits per heavy atom.